The lowest BCUT2D eigenvalue weighted by molar-refractivity contribution is 0.0945. The maximum absolute atomic E-state index is 14.5. The number of aromatic nitrogens is 2. The van der Waals surface area contributed by atoms with E-state index >= 15 is 0 Å². The summed E-state index contributed by atoms with van der Waals surface area (Å²) in [4.78, 5) is 21.5. The van der Waals surface area contributed by atoms with Crippen LogP contribution in [0.3, 0.4) is 0 Å². The van der Waals surface area contributed by atoms with E-state index in [1.54, 1.807) is 42.6 Å². The number of amides is 1. The molecule has 0 unspecified atom stereocenters. The van der Waals surface area contributed by atoms with Gasteiger partial charge < -0.3 is 30.6 Å². The average molecular weight is 562 g/mol. The van der Waals surface area contributed by atoms with Gasteiger partial charge in [0, 0.05) is 59.5 Å². The van der Waals surface area contributed by atoms with Crippen molar-refractivity contribution in [2.24, 2.45) is 0 Å². The Labute approximate surface area is 235 Å². The molecule has 0 saturated heterocycles. The van der Waals surface area contributed by atoms with E-state index in [9.17, 15) is 13.6 Å². The summed E-state index contributed by atoms with van der Waals surface area (Å²) in [6, 6.07) is 14.1. The highest BCUT2D eigenvalue weighted by molar-refractivity contribution is 5.96. The highest BCUT2D eigenvalue weighted by Gasteiger charge is 2.16. The normalized spacial score (nSPS) is 13.8. The number of nitrogen functional groups attached to an aromatic ring is 1. The van der Waals surface area contributed by atoms with Gasteiger partial charge in [0.2, 0.25) is 5.95 Å². The number of rotatable bonds is 4. The lowest BCUT2D eigenvalue weighted by Gasteiger charge is -2.16. The van der Waals surface area contributed by atoms with Crippen LogP contribution in [0.4, 0.5) is 26.1 Å². The molecule has 9 nitrogen and oxygen atoms in total. The Morgan fingerprint density at radius 2 is 1.93 bits per heavy atom. The molecular weight excluding hydrogens is 532 g/mol. The maximum atomic E-state index is 14.5. The summed E-state index contributed by atoms with van der Waals surface area (Å²) < 4.78 is 45.1. The zero-order chi connectivity index (χ0) is 28.8. The van der Waals surface area contributed by atoms with E-state index in [1.165, 1.54) is 7.11 Å². The van der Waals surface area contributed by atoms with Gasteiger partial charge in [0.1, 0.15) is 29.7 Å². The number of benzene rings is 3. The Balaban J connectivity index is 1.43. The summed E-state index contributed by atoms with van der Waals surface area (Å²) in [5, 5.41) is 6.09. The SMILES string of the molecule is COc1cc(F)cc(F)c1COc1ccc2cc1COCCCCNC(=O)c1ccc(c(N)c1)-c1ccnc(n1)N2. The highest BCUT2D eigenvalue weighted by atomic mass is 19.1. The summed E-state index contributed by atoms with van der Waals surface area (Å²) in [6.07, 6.45) is 3.04. The Kier molecular flexibility index (Phi) is 8.54. The van der Waals surface area contributed by atoms with Crippen molar-refractivity contribution >= 4 is 23.2 Å². The Bertz CT molecular complexity index is 1570. The second kappa shape index (κ2) is 12.6. The van der Waals surface area contributed by atoms with Crippen molar-refractivity contribution in [1.29, 1.82) is 0 Å². The largest absolute Gasteiger partial charge is 0.496 e. The lowest BCUT2D eigenvalue weighted by Crippen LogP contribution is -2.24. The molecule has 4 N–H and O–H groups in total. The quantitative estimate of drug-likeness (QED) is 0.284. The minimum absolute atomic E-state index is 0.0573. The van der Waals surface area contributed by atoms with Crippen molar-refractivity contribution in [3.63, 3.8) is 0 Å². The van der Waals surface area contributed by atoms with Crippen LogP contribution >= 0.6 is 0 Å². The summed E-state index contributed by atoms with van der Waals surface area (Å²) >= 11 is 0. The van der Waals surface area contributed by atoms with Crippen molar-refractivity contribution in [2.75, 3.05) is 31.3 Å². The molecule has 0 radical (unpaired) electrons. The number of nitrogens with two attached hydrogens (primary N) is 1. The third-order valence-electron chi connectivity index (χ3n) is 6.53. The molecule has 0 atom stereocenters. The first-order chi connectivity index (χ1) is 19.9. The Morgan fingerprint density at radius 3 is 2.76 bits per heavy atom. The van der Waals surface area contributed by atoms with E-state index in [-0.39, 0.29) is 30.4 Å². The van der Waals surface area contributed by atoms with Crippen molar-refractivity contribution in [3.8, 4) is 22.8 Å². The van der Waals surface area contributed by atoms with Gasteiger partial charge in [-0.05, 0) is 55.3 Å². The Hall–Kier alpha value is -4.77. The number of hydrogen-bond donors (Lipinski definition) is 3. The van der Waals surface area contributed by atoms with Crippen LogP contribution in [0.2, 0.25) is 0 Å². The average Bonchev–Trinajstić information content (AvgIpc) is 2.96. The number of ether oxygens (including phenoxy) is 3. The van der Waals surface area contributed by atoms with E-state index in [1.807, 2.05) is 6.07 Å². The first kappa shape index (κ1) is 27.8. The van der Waals surface area contributed by atoms with Gasteiger partial charge in [-0.2, -0.15) is 0 Å². The molecule has 1 amide bonds. The van der Waals surface area contributed by atoms with E-state index < -0.39 is 11.6 Å². The van der Waals surface area contributed by atoms with Crippen molar-refractivity contribution in [3.05, 3.63) is 89.1 Å². The van der Waals surface area contributed by atoms with Crippen LogP contribution in [0.15, 0.2) is 60.8 Å². The monoisotopic (exact) mass is 561 g/mol. The Morgan fingerprint density at radius 1 is 1.05 bits per heavy atom. The number of fused-ring (bicyclic) bond motifs is 9. The molecule has 2 aliphatic rings. The number of halogens is 2. The molecule has 2 aliphatic heterocycles. The van der Waals surface area contributed by atoms with Crippen LogP contribution in [0.1, 0.15) is 34.3 Å². The molecular formula is C30H29F2N5O4. The predicted octanol–water partition coefficient (Wildman–Crippen LogP) is 5.38. The molecule has 41 heavy (non-hydrogen) atoms. The van der Waals surface area contributed by atoms with Gasteiger partial charge in [-0.1, -0.05) is 0 Å². The van der Waals surface area contributed by atoms with Crippen LogP contribution in [0.5, 0.6) is 11.5 Å². The van der Waals surface area contributed by atoms with Gasteiger partial charge in [-0.15, -0.1) is 0 Å². The molecule has 6 bridgehead atoms. The molecule has 212 valence electrons. The number of anilines is 3. The summed E-state index contributed by atoms with van der Waals surface area (Å²) in [5.41, 5.74) is 9.89. The maximum Gasteiger partial charge on any atom is 0.251 e. The fourth-order valence-corrected chi connectivity index (χ4v) is 4.41. The summed E-state index contributed by atoms with van der Waals surface area (Å²) in [5.74, 6) is -0.857. The highest BCUT2D eigenvalue weighted by Crippen LogP contribution is 2.30. The van der Waals surface area contributed by atoms with Crippen LogP contribution in [0, 0.1) is 11.6 Å². The number of methoxy groups -OCH3 is 1. The van der Waals surface area contributed by atoms with Gasteiger partial charge in [0.25, 0.3) is 5.91 Å². The zero-order valence-electron chi connectivity index (χ0n) is 22.4. The van der Waals surface area contributed by atoms with Gasteiger partial charge in [-0.25, -0.2) is 18.7 Å². The number of carbonyl (C=O) groups is 1. The molecule has 6 rings (SSSR count). The molecule has 0 spiro atoms. The fourth-order valence-electron chi connectivity index (χ4n) is 4.41. The van der Waals surface area contributed by atoms with Crippen LogP contribution < -0.4 is 25.8 Å². The number of nitrogens with zero attached hydrogens (tertiary/aromatic N) is 2. The third kappa shape index (κ3) is 6.69. The molecule has 0 fully saturated rings. The van der Waals surface area contributed by atoms with E-state index in [0.717, 1.165) is 18.6 Å². The van der Waals surface area contributed by atoms with Gasteiger partial charge in [0.05, 0.1) is 25.0 Å². The molecule has 4 aromatic rings. The lowest BCUT2D eigenvalue weighted by atomic mass is 10.1. The second-order valence-electron chi connectivity index (χ2n) is 9.39. The van der Waals surface area contributed by atoms with Crippen molar-refractivity contribution < 1.29 is 27.8 Å². The summed E-state index contributed by atoms with van der Waals surface area (Å²) in [6.45, 7) is 0.958. The zero-order valence-corrected chi connectivity index (χ0v) is 22.4. The smallest absolute Gasteiger partial charge is 0.251 e. The number of hydrogen-bond acceptors (Lipinski definition) is 8. The topological polar surface area (TPSA) is 121 Å². The van der Waals surface area contributed by atoms with Gasteiger partial charge in [-0.3, -0.25) is 4.79 Å². The minimum Gasteiger partial charge on any atom is -0.496 e. The first-order valence-corrected chi connectivity index (χ1v) is 13.0. The molecule has 1 aromatic heterocycles. The van der Waals surface area contributed by atoms with E-state index in [2.05, 4.69) is 20.6 Å². The molecule has 11 heteroatoms. The number of nitrogens with one attached hydrogen (secondary N) is 2. The molecule has 0 saturated carbocycles. The fraction of sp³-hybridized carbons (Fsp3) is 0.233. The second-order valence-corrected chi connectivity index (χ2v) is 9.39. The van der Waals surface area contributed by atoms with Crippen molar-refractivity contribution in [2.45, 2.75) is 26.1 Å². The molecule has 3 aromatic carbocycles. The molecule has 3 heterocycles. The predicted molar refractivity (Wildman–Crippen MR) is 150 cm³/mol. The third-order valence-corrected chi connectivity index (χ3v) is 6.53. The van der Waals surface area contributed by atoms with E-state index in [4.69, 9.17) is 19.9 Å². The van der Waals surface area contributed by atoms with Crippen LogP contribution in [-0.4, -0.2) is 36.1 Å². The first-order valence-electron chi connectivity index (χ1n) is 13.0. The number of carbonyl (C=O) groups excluding carboxylic acids is 1. The summed E-state index contributed by atoms with van der Waals surface area (Å²) in [7, 11) is 1.34. The van der Waals surface area contributed by atoms with Crippen molar-refractivity contribution in [1.82, 2.24) is 15.3 Å². The minimum atomic E-state index is -0.763. The van der Waals surface area contributed by atoms with Gasteiger partial charge in [0.15, 0.2) is 0 Å². The van der Waals surface area contributed by atoms with Crippen LogP contribution in [0.25, 0.3) is 11.3 Å². The van der Waals surface area contributed by atoms with Crippen LogP contribution in [-0.2, 0) is 18.0 Å². The standard InChI is InChI=1S/C30H29F2N5O4/c1-39-28-15-20(31)14-24(32)23(28)17-41-27-7-5-21-12-19(27)16-40-11-3-2-9-34-29(38)18-4-6-22(25(33)13-18)26-8-10-35-30(36-21)37-26/h4-8,10,12-15H,2-3,9,11,16-17,33H2,1H3,(H,34,38)(H,35,36,37). The van der Waals surface area contributed by atoms with Gasteiger partial charge >= 0.3 is 0 Å². The molecule has 0 aliphatic carbocycles. The van der Waals surface area contributed by atoms with E-state index in [0.29, 0.717) is 65.0 Å².